The molecular formula is C17H14N2O2S. The van der Waals surface area contributed by atoms with Gasteiger partial charge in [0.25, 0.3) is 0 Å². The van der Waals surface area contributed by atoms with E-state index < -0.39 is 0 Å². The summed E-state index contributed by atoms with van der Waals surface area (Å²) in [5, 5.41) is 4.80. The van der Waals surface area contributed by atoms with Crippen molar-refractivity contribution in [2.24, 2.45) is 0 Å². The number of pyridine rings is 1. The third-order valence-electron chi connectivity index (χ3n) is 2.92. The molecular weight excluding hydrogens is 296 g/mol. The first-order valence-corrected chi connectivity index (χ1v) is 7.69. The number of amides is 1. The van der Waals surface area contributed by atoms with Gasteiger partial charge in [-0.2, -0.15) is 0 Å². The lowest BCUT2D eigenvalue weighted by Gasteiger charge is -2.10. The maximum absolute atomic E-state index is 12.1. The number of para-hydroxylation sites is 1. The number of hydrogen-bond donors (Lipinski definition) is 1. The number of aromatic nitrogens is 1. The van der Waals surface area contributed by atoms with Crippen LogP contribution in [0.3, 0.4) is 0 Å². The molecule has 3 aromatic rings. The summed E-state index contributed by atoms with van der Waals surface area (Å²) >= 11 is 1.56. The normalized spacial score (nSPS) is 10.2. The van der Waals surface area contributed by atoms with Gasteiger partial charge in [0.15, 0.2) is 0 Å². The molecule has 5 heteroatoms. The number of carbonyl (C=O) groups is 1. The Bertz CT molecular complexity index is 742. The molecule has 0 aliphatic heterocycles. The highest BCUT2D eigenvalue weighted by atomic mass is 32.1. The monoisotopic (exact) mass is 310 g/mol. The van der Waals surface area contributed by atoms with Crippen molar-refractivity contribution in [2.45, 2.75) is 6.42 Å². The van der Waals surface area contributed by atoms with E-state index in [0.29, 0.717) is 23.7 Å². The fourth-order valence-corrected chi connectivity index (χ4v) is 2.64. The van der Waals surface area contributed by atoms with Crippen LogP contribution in [0.15, 0.2) is 66.2 Å². The lowest BCUT2D eigenvalue weighted by atomic mass is 10.3. The number of nitrogens with one attached hydrogen (secondary N) is 1. The predicted molar refractivity (Wildman–Crippen MR) is 87.4 cm³/mol. The maximum Gasteiger partial charge on any atom is 0.243 e. The summed E-state index contributed by atoms with van der Waals surface area (Å²) in [6.07, 6.45) is 1.98. The van der Waals surface area contributed by atoms with Crippen LogP contribution in [0.25, 0.3) is 0 Å². The van der Waals surface area contributed by atoms with Crippen LogP contribution in [0.5, 0.6) is 11.6 Å². The van der Waals surface area contributed by atoms with Gasteiger partial charge in [0, 0.05) is 11.1 Å². The van der Waals surface area contributed by atoms with Gasteiger partial charge in [0.05, 0.1) is 6.42 Å². The second kappa shape index (κ2) is 6.87. The molecule has 0 fully saturated rings. The van der Waals surface area contributed by atoms with Gasteiger partial charge in [-0.15, -0.1) is 11.3 Å². The molecule has 3 rings (SSSR count). The average Bonchev–Trinajstić information content (AvgIpc) is 3.03. The molecule has 0 aliphatic rings. The highest BCUT2D eigenvalue weighted by Gasteiger charge is 2.10. The zero-order valence-electron chi connectivity index (χ0n) is 11.7. The zero-order chi connectivity index (χ0) is 15.2. The molecule has 1 aromatic carbocycles. The van der Waals surface area contributed by atoms with Crippen molar-refractivity contribution in [1.29, 1.82) is 0 Å². The van der Waals surface area contributed by atoms with Crippen LogP contribution in [0, 0.1) is 0 Å². The van der Waals surface area contributed by atoms with Crippen molar-refractivity contribution in [3.05, 3.63) is 71.1 Å². The summed E-state index contributed by atoms with van der Waals surface area (Å²) in [5.74, 6) is 0.969. The highest BCUT2D eigenvalue weighted by molar-refractivity contribution is 7.10. The van der Waals surface area contributed by atoms with Crippen molar-refractivity contribution in [3.63, 3.8) is 0 Å². The van der Waals surface area contributed by atoms with E-state index in [1.54, 1.807) is 29.7 Å². The zero-order valence-corrected chi connectivity index (χ0v) is 12.5. The van der Waals surface area contributed by atoms with E-state index in [0.717, 1.165) is 4.88 Å². The SMILES string of the molecule is O=C(Cc1cccs1)Nc1cccnc1Oc1ccccc1. The maximum atomic E-state index is 12.1. The summed E-state index contributed by atoms with van der Waals surface area (Å²) < 4.78 is 5.72. The Hall–Kier alpha value is -2.66. The molecule has 0 atom stereocenters. The first-order chi connectivity index (χ1) is 10.8. The molecule has 0 spiro atoms. The van der Waals surface area contributed by atoms with E-state index in [1.165, 1.54) is 0 Å². The number of ether oxygens (including phenoxy) is 1. The molecule has 0 radical (unpaired) electrons. The van der Waals surface area contributed by atoms with Gasteiger partial charge in [-0.1, -0.05) is 24.3 Å². The molecule has 22 heavy (non-hydrogen) atoms. The van der Waals surface area contributed by atoms with Crippen molar-refractivity contribution in [2.75, 3.05) is 5.32 Å². The number of anilines is 1. The van der Waals surface area contributed by atoms with Crippen molar-refractivity contribution < 1.29 is 9.53 Å². The minimum absolute atomic E-state index is 0.0895. The van der Waals surface area contributed by atoms with Gasteiger partial charge in [0.2, 0.25) is 11.8 Å². The smallest absolute Gasteiger partial charge is 0.243 e. The average molecular weight is 310 g/mol. The number of rotatable bonds is 5. The molecule has 1 N–H and O–H groups in total. The second-order valence-electron chi connectivity index (χ2n) is 4.58. The van der Waals surface area contributed by atoms with Crippen LogP contribution < -0.4 is 10.1 Å². The molecule has 0 saturated carbocycles. The van der Waals surface area contributed by atoms with Crippen LogP contribution in [0.4, 0.5) is 5.69 Å². The second-order valence-corrected chi connectivity index (χ2v) is 5.61. The number of nitrogens with zero attached hydrogens (tertiary/aromatic N) is 1. The summed E-state index contributed by atoms with van der Waals surface area (Å²) in [7, 11) is 0. The van der Waals surface area contributed by atoms with Crippen LogP contribution in [-0.2, 0) is 11.2 Å². The van der Waals surface area contributed by atoms with Crippen molar-refractivity contribution in [3.8, 4) is 11.6 Å². The van der Waals surface area contributed by atoms with Crippen LogP contribution >= 0.6 is 11.3 Å². The molecule has 0 saturated heterocycles. The van der Waals surface area contributed by atoms with E-state index in [1.807, 2.05) is 47.8 Å². The first-order valence-electron chi connectivity index (χ1n) is 6.81. The third kappa shape index (κ3) is 3.71. The Kier molecular flexibility index (Phi) is 4.46. The van der Waals surface area contributed by atoms with Gasteiger partial charge in [-0.25, -0.2) is 4.98 Å². The van der Waals surface area contributed by atoms with Crippen LogP contribution in [-0.4, -0.2) is 10.9 Å². The van der Waals surface area contributed by atoms with E-state index in [2.05, 4.69) is 10.3 Å². The Balaban J connectivity index is 1.72. The quantitative estimate of drug-likeness (QED) is 0.771. The minimum atomic E-state index is -0.0895. The fraction of sp³-hybridized carbons (Fsp3) is 0.0588. The van der Waals surface area contributed by atoms with Gasteiger partial charge < -0.3 is 10.1 Å². The summed E-state index contributed by atoms with van der Waals surface area (Å²) in [6.45, 7) is 0. The third-order valence-corrected chi connectivity index (χ3v) is 3.79. The van der Waals surface area contributed by atoms with E-state index in [4.69, 9.17) is 4.74 Å². The van der Waals surface area contributed by atoms with Crippen molar-refractivity contribution in [1.82, 2.24) is 4.98 Å². The number of thiophene rings is 1. The molecule has 0 aliphatic carbocycles. The Labute approximate surface area is 132 Å². The number of benzene rings is 1. The largest absolute Gasteiger partial charge is 0.437 e. The van der Waals surface area contributed by atoms with Crippen LogP contribution in [0.1, 0.15) is 4.88 Å². The number of carbonyl (C=O) groups excluding carboxylic acids is 1. The van der Waals surface area contributed by atoms with Crippen molar-refractivity contribution >= 4 is 22.9 Å². The molecule has 110 valence electrons. The molecule has 2 aromatic heterocycles. The Morgan fingerprint density at radius 2 is 1.95 bits per heavy atom. The first kappa shape index (κ1) is 14.3. The van der Waals surface area contributed by atoms with E-state index in [9.17, 15) is 4.79 Å². The topological polar surface area (TPSA) is 51.2 Å². The molecule has 0 bridgehead atoms. The lowest BCUT2D eigenvalue weighted by Crippen LogP contribution is -2.14. The predicted octanol–water partition coefficient (Wildman–Crippen LogP) is 4.12. The Morgan fingerprint density at radius 1 is 1.09 bits per heavy atom. The van der Waals surface area contributed by atoms with Gasteiger partial charge in [0.1, 0.15) is 11.4 Å². The highest BCUT2D eigenvalue weighted by Crippen LogP contribution is 2.26. The Morgan fingerprint density at radius 3 is 2.73 bits per heavy atom. The molecule has 2 heterocycles. The molecule has 1 amide bonds. The van der Waals surface area contributed by atoms with E-state index in [-0.39, 0.29) is 5.91 Å². The minimum Gasteiger partial charge on any atom is -0.437 e. The fourth-order valence-electron chi connectivity index (χ4n) is 1.93. The van der Waals surface area contributed by atoms with E-state index >= 15 is 0 Å². The lowest BCUT2D eigenvalue weighted by molar-refractivity contribution is -0.115. The summed E-state index contributed by atoms with van der Waals surface area (Å²) in [4.78, 5) is 17.3. The molecule has 4 nitrogen and oxygen atoms in total. The van der Waals surface area contributed by atoms with Gasteiger partial charge >= 0.3 is 0 Å². The number of hydrogen-bond acceptors (Lipinski definition) is 4. The standard InChI is InChI=1S/C17H14N2O2S/c20-16(12-14-8-5-11-22-14)19-15-9-4-10-18-17(15)21-13-6-2-1-3-7-13/h1-11H,12H2,(H,19,20). The van der Waals surface area contributed by atoms with Crippen LogP contribution in [0.2, 0.25) is 0 Å². The van der Waals surface area contributed by atoms with Gasteiger partial charge in [-0.05, 0) is 35.7 Å². The molecule has 0 unspecified atom stereocenters. The summed E-state index contributed by atoms with van der Waals surface area (Å²) in [5.41, 5.74) is 0.563. The summed E-state index contributed by atoms with van der Waals surface area (Å²) in [6, 6.07) is 16.8. The van der Waals surface area contributed by atoms with Gasteiger partial charge in [-0.3, -0.25) is 4.79 Å².